The van der Waals surface area contributed by atoms with Gasteiger partial charge in [-0.2, -0.15) is 4.31 Å². The fraction of sp³-hybridized carbons (Fsp3) is 0.385. The maximum Gasteiger partial charge on any atom is 0.246 e. The summed E-state index contributed by atoms with van der Waals surface area (Å²) >= 11 is 0. The van der Waals surface area contributed by atoms with E-state index in [9.17, 15) is 13.5 Å². The van der Waals surface area contributed by atoms with Crippen LogP contribution < -0.4 is 0 Å². The maximum absolute atomic E-state index is 12.6. The zero-order chi connectivity index (χ0) is 14.9. The molecule has 0 spiro atoms. The highest BCUT2D eigenvalue weighted by Crippen LogP contribution is 2.29. The van der Waals surface area contributed by atoms with Crippen LogP contribution in [0, 0.1) is 13.8 Å². The van der Waals surface area contributed by atoms with E-state index in [1.54, 1.807) is 19.9 Å². The molecule has 2 aromatic heterocycles. The zero-order valence-electron chi connectivity index (χ0n) is 11.6. The van der Waals surface area contributed by atoms with Crippen molar-refractivity contribution in [2.24, 2.45) is 0 Å². The monoisotopic (exact) mass is 299 g/mol. The van der Waals surface area contributed by atoms with E-state index in [1.807, 2.05) is 0 Å². The molecule has 0 aromatic carbocycles. The summed E-state index contributed by atoms with van der Waals surface area (Å²) in [6, 6.07) is 1.70. The summed E-state index contributed by atoms with van der Waals surface area (Å²) in [5.41, 5.74) is 1.06. The van der Waals surface area contributed by atoms with Gasteiger partial charge < -0.3 is 13.9 Å². The quantitative estimate of drug-likeness (QED) is 0.910. The van der Waals surface area contributed by atoms with Gasteiger partial charge in [-0.3, -0.25) is 0 Å². The van der Waals surface area contributed by atoms with E-state index >= 15 is 0 Å². The van der Waals surface area contributed by atoms with Crippen LogP contribution in [-0.4, -0.2) is 24.9 Å². The number of rotatable bonds is 5. The fourth-order valence-electron chi connectivity index (χ4n) is 2.11. The molecule has 0 aliphatic heterocycles. The second kappa shape index (κ2) is 5.43. The van der Waals surface area contributed by atoms with Crippen molar-refractivity contribution in [3.8, 4) is 0 Å². The molecule has 0 bridgehead atoms. The predicted octanol–water partition coefficient (Wildman–Crippen LogP) is 1.80. The van der Waals surface area contributed by atoms with Crippen LogP contribution in [0.15, 0.2) is 32.3 Å². The molecule has 20 heavy (non-hydrogen) atoms. The first kappa shape index (κ1) is 14.8. The lowest BCUT2D eigenvalue weighted by molar-refractivity contribution is 0.276. The van der Waals surface area contributed by atoms with E-state index in [2.05, 4.69) is 0 Å². The molecule has 0 aliphatic carbocycles. The largest absolute Gasteiger partial charge is 0.472 e. The van der Waals surface area contributed by atoms with Crippen LogP contribution in [0.5, 0.6) is 0 Å². The molecule has 0 atom stereocenters. The van der Waals surface area contributed by atoms with Crippen molar-refractivity contribution in [3.63, 3.8) is 0 Å². The summed E-state index contributed by atoms with van der Waals surface area (Å²) in [5.74, 6) is 0.700. The molecule has 7 heteroatoms. The van der Waals surface area contributed by atoms with Crippen molar-refractivity contribution in [1.29, 1.82) is 0 Å². The van der Waals surface area contributed by atoms with Crippen molar-refractivity contribution in [2.45, 2.75) is 31.9 Å². The first-order valence-corrected chi connectivity index (χ1v) is 7.49. The van der Waals surface area contributed by atoms with E-state index in [1.165, 1.54) is 23.9 Å². The summed E-state index contributed by atoms with van der Waals surface area (Å²) in [5, 5.41) is 9.36. The van der Waals surface area contributed by atoms with E-state index in [-0.39, 0.29) is 23.8 Å². The summed E-state index contributed by atoms with van der Waals surface area (Å²) in [6.07, 6.45) is 2.98. The number of aryl methyl sites for hydroxylation is 2. The molecule has 110 valence electrons. The number of aliphatic hydroxyl groups is 1. The zero-order valence-corrected chi connectivity index (χ0v) is 12.4. The Balaban J connectivity index is 2.40. The molecule has 0 saturated heterocycles. The molecular formula is C13H17NO5S. The normalized spacial score (nSPS) is 12.2. The van der Waals surface area contributed by atoms with Crippen LogP contribution in [0.2, 0.25) is 0 Å². The van der Waals surface area contributed by atoms with Gasteiger partial charge in [0.05, 0.1) is 19.1 Å². The lowest BCUT2D eigenvalue weighted by atomic mass is 10.2. The van der Waals surface area contributed by atoms with E-state index < -0.39 is 10.0 Å². The van der Waals surface area contributed by atoms with Crippen molar-refractivity contribution in [3.05, 3.63) is 41.2 Å². The van der Waals surface area contributed by atoms with Gasteiger partial charge in [-0.25, -0.2) is 8.42 Å². The molecule has 0 radical (unpaired) electrons. The second-order valence-corrected chi connectivity index (χ2v) is 6.55. The third kappa shape index (κ3) is 2.52. The predicted molar refractivity (Wildman–Crippen MR) is 71.5 cm³/mol. The smallest absolute Gasteiger partial charge is 0.246 e. The van der Waals surface area contributed by atoms with Crippen LogP contribution >= 0.6 is 0 Å². The number of nitrogens with zero attached hydrogens (tertiary/aromatic N) is 1. The average Bonchev–Trinajstić information content (AvgIpc) is 2.96. The number of furan rings is 2. The number of hydrogen-bond donors (Lipinski definition) is 1. The molecule has 0 aliphatic rings. The van der Waals surface area contributed by atoms with Crippen LogP contribution in [-0.2, 0) is 23.2 Å². The first-order valence-electron chi connectivity index (χ1n) is 6.05. The molecule has 1 N–H and O–H groups in total. The summed E-state index contributed by atoms with van der Waals surface area (Å²) < 4.78 is 36.6. The van der Waals surface area contributed by atoms with Gasteiger partial charge in [0.1, 0.15) is 16.4 Å². The fourth-order valence-corrected chi connectivity index (χ4v) is 3.67. The maximum atomic E-state index is 12.6. The van der Waals surface area contributed by atoms with Gasteiger partial charge in [0.15, 0.2) is 0 Å². The minimum Gasteiger partial charge on any atom is -0.472 e. The van der Waals surface area contributed by atoms with E-state index in [4.69, 9.17) is 8.83 Å². The van der Waals surface area contributed by atoms with Gasteiger partial charge in [0.2, 0.25) is 10.0 Å². The van der Waals surface area contributed by atoms with Gasteiger partial charge in [-0.15, -0.1) is 0 Å². The molecule has 2 heterocycles. The Morgan fingerprint density at radius 1 is 1.30 bits per heavy atom. The minimum atomic E-state index is -3.73. The van der Waals surface area contributed by atoms with Crippen molar-refractivity contribution in [2.75, 3.05) is 7.05 Å². The van der Waals surface area contributed by atoms with Crippen molar-refractivity contribution < 1.29 is 22.4 Å². The minimum absolute atomic E-state index is 0.0449. The van der Waals surface area contributed by atoms with E-state index in [0.29, 0.717) is 11.3 Å². The van der Waals surface area contributed by atoms with Crippen LogP contribution in [0.3, 0.4) is 0 Å². The Bertz CT molecular complexity index is 685. The van der Waals surface area contributed by atoms with Crippen LogP contribution in [0.25, 0.3) is 0 Å². The highest BCUT2D eigenvalue weighted by Gasteiger charge is 2.30. The number of sulfonamides is 1. The molecule has 0 fully saturated rings. The average molecular weight is 299 g/mol. The highest BCUT2D eigenvalue weighted by atomic mass is 32.2. The summed E-state index contributed by atoms with van der Waals surface area (Å²) in [7, 11) is -2.25. The Kier molecular flexibility index (Phi) is 4.03. The molecular weight excluding hydrogens is 282 g/mol. The van der Waals surface area contributed by atoms with Crippen molar-refractivity contribution in [1.82, 2.24) is 4.31 Å². The molecule has 2 rings (SSSR count). The lowest BCUT2D eigenvalue weighted by Crippen LogP contribution is -2.27. The first-order chi connectivity index (χ1) is 9.37. The van der Waals surface area contributed by atoms with Gasteiger partial charge in [0.25, 0.3) is 0 Å². The van der Waals surface area contributed by atoms with Crippen LogP contribution in [0.4, 0.5) is 0 Å². The van der Waals surface area contributed by atoms with Gasteiger partial charge >= 0.3 is 0 Å². The Morgan fingerprint density at radius 3 is 2.55 bits per heavy atom. The molecule has 0 unspecified atom stereocenters. The lowest BCUT2D eigenvalue weighted by Gasteiger charge is -2.16. The third-order valence-corrected chi connectivity index (χ3v) is 5.14. The molecule has 6 nitrogen and oxygen atoms in total. The standard InChI is InChI=1S/C13H17NO5S/c1-9-12(7-15)13(10(2)19-9)20(16,17)14(3)6-11-4-5-18-8-11/h4-5,8,15H,6-7H2,1-3H3. The number of hydrogen-bond acceptors (Lipinski definition) is 5. The molecule has 2 aromatic rings. The van der Waals surface area contributed by atoms with Crippen molar-refractivity contribution >= 4 is 10.0 Å². The second-order valence-electron chi connectivity index (χ2n) is 4.57. The summed E-state index contributed by atoms with van der Waals surface area (Å²) in [6.45, 7) is 3.02. The Labute approximate surface area is 117 Å². The van der Waals surface area contributed by atoms with Gasteiger partial charge in [-0.05, 0) is 19.9 Å². The highest BCUT2D eigenvalue weighted by molar-refractivity contribution is 7.89. The van der Waals surface area contributed by atoms with E-state index in [0.717, 1.165) is 5.56 Å². The Hall–Kier alpha value is -1.57. The van der Waals surface area contributed by atoms with Gasteiger partial charge in [-0.1, -0.05) is 0 Å². The van der Waals surface area contributed by atoms with Crippen LogP contribution in [0.1, 0.15) is 22.6 Å². The molecule has 0 amide bonds. The number of aliphatic hydroxyl groups excluding tert-OH is 1. The Morgan fingerprint density at radius 2 is 2.00 bits per heavy atom. The molecule has 0 saturated carbocycles. The third-order valence-electron chi connectivity index (χ3n) is 3.14. The topological polar surface area (TPSA) is 83.9 Å². The SMILES string of the molecule is Cc1oc(C)c(S(=O)(=O)N(C)Cc2ccoc2)c1CO. The summed E-state index contributed by atoms with van der Waals surface area (Å²) in [4.78, 5) is 0.0449. The van der Waals surface area contributed by atoms with Gasteiger partial charge in [0, 0.05) is 24.7 Å².